The maximum Gasteiger partial charge on any atom is 0.258 e. The van der Waals surface area contributed by atoms with Gasteiger partial charge in [0.25, 0.3) is 5.91 Å². The average molecular weight is 374 g/mol. The fourth-order valence-electron chi connectivity index (χ4n) is 2.99. The lowest BCUT2D eigenvalue weighted by molar-refractivity contribution is 0.0989. The van der Waals surface area contributed by atoms with E-state index in [9.17, 15) is 13.2 Å². The molecule has 1 aliphatic rings. The van der Waals surface area contributed by atoms with Gasteiger partial charge in [0.15, 0.2) is 0 Å². The summed E-state index contributed by atoms with van der Waals surface area (Å²) < 4.78 is 31.9. The Balaban J connectivity index is 1.71. The average Bonchev–Trinajstić information content (AvgIpc) is 3.09. The summed E-state index contributed by atoms with van der Waals surface area (Å²) >= 11 is 0. The number of carbonyl (C=O) groups is 1. The van der Waals surface area contributed by atoms with Gasteiger partial charge >= 0.3 is 0 Å². The molecule has 0 saturated heterocycles. The molecule has 1 heterocycles. The molecule has 0 saturated carbocycles. The van der Waals surface area contributed by atoms with Gasteiger partial charge in [0.05, 0.1) is 4.90 Å². The normalized spacial score (nSPS) is 13.7. The number of para-hydroxylation sites is 1. The summed E-state index contributed by atoms with van der Waals surface area (Å²) in [6.45, 7) is 1.44. The minimum atomic E-state index is -3.58. The number of rotatable bonds is 7. The zero-order chi connectivity index (χ0) is 18.6. The quantitative estimate of drug-likeness (QED) is 0.754. The number of amides is 1. The molecule has 2 aromatic rings. The fraction of sp³-hybridized carbons (Fsp3) is 0.316. The molecule has 7 heteroatoms. The third-order valence-electron chi connectivity index (χ3n) is 4.36. The molecule has 3 rings (SSSR count). The van der Waals surface area contributed by atoms with Crippen molar-refractivity contribution in [3.8, 4) is 0 Å². The van der Waals surface area contributed by atoms with Crippen molar-refractivity contribution in [2.45, 2.75) is 17.7 Å². The summed E-state index contributed by atoms with van der Waals surface area (Å²) in [6.07, 6.45) is 1.43. The van der Waals surface area contributed by atoms with Crippen LogP contribution < -0.4 is 9.62 Å². The van der Waals surface area contributed by atoms with Gasteiger partial charge in [-0.15, -0.1) is 0 Å². The number of fused-ring (bicyclic) bond motifs is 1. The highest BCUT2D eigenvalue weighted by Crippen LogP contribution is 2.29. The Morgan fingerprint density at radius 1 is 1.15 bits per heavy atom. The number of nitrogens with one attached hydrogen (secondary N) is 1. The molecule has 0 aliphatic carbocycles. The maximum absolute atomic E-state index is 12.8. The van der Waals surface area contributed by atoms with E-state index in [-0.39, 0.29) is 10.8 Å². The largest absolute Gasteiger partial charge is 0.385 e. The van der Waals surface area contributed by atoms with Crippen LogP contribution >= 0.6 is 0 Å². The molecule has 0 unspecified atom stereocenters. The van der Waals surface area contributed by atoms with Crippen LogP contribution in [0.4, 0.5) is 5.69 Å². The van der Waals surface area contributed by atoms with Gasteiger partial charge in [0.2, 0.25) is 10.0 Å². The van der Waals surface area contributed by atoms with Gasteiger partial charge in [-0.3, -0.25) is 4.79 Å². The molecule has 0 atom stereocenters. The van der Waals surface area contributed by atoms with Crippen LogP contribution in [0, 0.1) is 0 Å². The smallest absolute Gasteiger partial charge is 0.258 e. The fourth-order valence-corrected chi connectivity index (χ4v) is 4.06. The van der Waals surface area contributed by atoms with Crippen molar-refractivity contribution in [3.05, 3.63) is 59.7 Å². The van der Waals surface area contributed by atoms with E-state index in [1.54, 1.807) is 24.1 Å². The topological polar surface area (TPSA) is 75.7 Å². The summed E-state index contributed by atoms with van der Waals surface area (Å²) in [5.41, 5.74) is 2.55. The van der Waals surface area contributed by atoms with Gasteiger partial charge in [-0.05, 0) is 48.7 Å². The Morgan fingerprint density at radius 3 is 2.62 bits per heavy atom. The van der Waals surface area contributed by atoms with Crippen LogP contribution in [0.3, 0.4) is 0 Å². The van der Waals surface area contributed by atoms with Gasteiger partial charge in [0.1, 0.15) is 0 Å². The van der Waals surface area contributed by atoms with Crippen molar-refractivity contribution in [2.24, 2.45) is 0 Å². The lowest BCUT2D eigenvalue weighted by Gasteiger charge is -2.17. The van der Waals surface area contributed by atoms with Gasteiger partial charge < -0.3 is 9.64 Å². The zero-order valence-corrected chi connectivity index (χ0v) is 15.5. The number of hydrogen-bond acceptors (Lipinski definition) is 4. The predicted molar refractivity (Wildman–Crippen MR) is 99.9 cm³/mol. The van der Waals surface area contributed by atoms with E-state index >= 15 is 0 Å². The van der Waals surface area contributed by atoms with E-state index in [2.05, 4.69) is 4.72 Å². The molecule has 6 nitrogen and oxygen atoms in total. The molecule has 0 aromatic heterocycles. The van der Waals surface area contributed by atoms with Crippen LogP contribution in [0.5, 0.6) is 0 Å². The number of hydrogen-bond donors (Lipinski definition) is 1. The van der Waals surface area contributed by atoms with Crippen LogP contribution in [-0.2, 0) is 21.2 Å². The van der Waals surface area contributed by atoms with Crippen molar-refractivity contribution < 1.29 is 17.9 Å². The van der Waals surface area contributed by atoms with Crippen LogP contribution in [0.2, 0.25) is 0 Å². The second-order valence-corrected chi connectivity index (χ2v) is 7.87. The van der Waals surface area contributed by atoms with E-state index < -0.39 is 10.0 Å². The summed E-state index contributed by atoms with van der Waals surface area (Å²) in [5.74, 6) is -0.119. The van der Waals surface area contributed by atoms with Crippen molar-refractivity contribution in [1.29, 1.82) is 0 Å². The Labute approximate surface area is 153 Å². The van der Waals surface area contributed by atoms with Crippen molar-refractivity contribution in [1.82, 2.24) is 4.72 Å². The Morgan fingerprint density at radius 2 is 1.88 bits per heavy atom. The number of benzene rings is 2. The highest BCUT2D eigenvalue weighted by atomic mass is 32.2. The third-order valence-corrected chi connectivity index (χ3v) is 5.84. The standard InChI is InChI=1S/C19H22N2O4S/c1-25-14-4-12-20-26(23,24)17-9-7-16(8-10-17)19(22)21-13-11-15-5-2-3-6-18(15)21/h2-3,5-10,20H,4,11-14H2,1H3. The Bertz CT molecular complexity index is 879. The molecule has 0 spiro atoms. The van der Waals surface area contributed by atoms with Gasteiger partial charge in [-0.25, -0.2) is 13.1 Å². The summed E-state index contributed by atoms with van der Waals surface area (Å²) in [6, 6.07) is 13.9. The summed E-state index contributed by atoms with van der Waals surface area (Å²) in [7, 11) is -2.01. The lowest BCUT2D eigenvalue weighted by atomic mass is 10.1. The van der Waals surface area contributed by atoms with E-state index in [4.69, 9.17) is 4.74 Å². The third kappa shape index (κ3) is 3.95. The number of sulfonamides is 1. The van der Waals surface area contributed by atoms with E-state index in [0.717, 1.165) is 17.7 Å². The number of nitrogens with zero attached hydrogens (tertiary/aromatic N) is 1. The molecule has 1 aliphatic heterocycles. The molecule has 0 fully saturated rings. The van der Waals surface area contributed by atoms with Crippen molar-refractivity contribution in [3.63, 3.8) is 0 Å². The lowest BCUT2D eigenvalue weighted by Crippen LogP contribution is -2.29. The highest BCUT2D eigenvalue weighted by Gasteiger charge is 2.25. The van der Waals surface area contributed by atoms with E-state index in [1.807, 2.05) is 24.3 Å². The first-order chi connectivity index (χ1) is 12.5. The maximum atomic E-state index is 12.8. The second kappa shape index (κ2) is 7.99. The first-order valence-electron chi connectivity index (χ1n) is 8.51. The molecule has 2 aromatic carbocycles. The SMILES string of the molecule is COCCCNS(=O)(=O)c1ccc(C(=O)N2CCc3ccccc32)cc1. The summed E-state index contributed by atoms with van der Waals surface area (Å²) in [5, 5.41) is 0. The molecule has 1 N–H and O–H groups in total. The van der Waals surface area contributed by atoms with Crippen LogP contribution in [0.25, 0.3) is 0 Å². The molecule has 138 valence electrons. The van der Waals surface area contributed by atoms with Crippen molar-refractivity contribution >= 4 is 21.6 Å². The zero-order valence-electron chi connectivity index (χ0n) is 14.6. The Kier molecular flexibility index (Phi) is 5.70. The first kappa shape index (κ1) is 18.6. The highest BCUT2D eigenvalue weighted by molar-refractivity contribution is 7.89. The minimum absolute atomic E-state index is 0.119. The molecular formula is C19H22N2O4S. The number of carbonyl (C=O) groups excluding carboxylic acids is 1. The molecular weight excluding hydrogens is 352 g/mol. The van der Waals surface area contributed by atoms with Gasteiger partial charge in [-0.2, -0.15) is 0 Å². The van der Waals surface area contributed by atoms with Gasteiger partial charge in [0, 0.05) is 38.1 Å². The predicted octanol–water partition coefficient (Wildman–Crippen LogP) is 2.20. The molecule has 1 amide bonds. The monoisotopic (exact) mass is 374 g/mol. The second-order valence-electron chi connectivity index (χ2n) is 6.10. The number of anilines is 1. The summed E-state index contributed by atoms with van der Waals surface area (Å²) in [4.78, 5) is 14.6. The van der Waals surface area contributed by atoms with Crippen molar-refractivity contribution in [2.75, 3.05) is 31.7 Å². The van der Waals surface area contributed by atoms with Gasteiger partial charge in [-0.1, -0.05) is 18.2 Å². The van der Waals surface area contributed by atoms with Crippen LogP contribution in [-0.4, -0.2) is 41.1 Å². The first-order valence-corrected chi connectivity index (χ1v) is 10.00. The molecule has 26 heavy (non-hydrogen) atoms. The Hall–Kier alpha value is -2.22. The van der Waals surface area contributed by atoms with Crippen LogP contribution in [0.1, 0.15) is 22.3 Å². The molecule has 0 radical (unpaired) electrons. The minimum Gasteiger partial charge on any atom is -0.385 e. The number of methoxy groups -OCH3 is 1. The van der Waals surface area contributed by atoms with E-state index in [1.165, 1.54) is 12.1 Å². The van der Waals surface area contributed by atoms with Crippen LogP contribution in [0.15, 0.2) is 53.4 Å². The van der Waals surface area contributed by atoms with E-state index in [0.29, 0.717) is 31.7 Å². The molecule has 0 bridgehead atoms. The number of ether oxygens (including phenoxy) is 1.